The summed E-state index contributed by atoms with van der Waals surface area (Å²) < 4.78 is 35.2. The maximum atomic E-state index is 10.9. The third kappa shape index (κ3) is 23.4. The van der Waals surface area contributed by atoms with Gasteiger partial charge in [0.15, 0.2) is 5.25 Å². The number of carboxylic acid groups (broad SMARTS) is 1. The van der Waals surface area contributed by atoms with Gasteiger partial charge in [0.2, 0.25) is 0 Å². The standard InChI is InChI=1S/C16H32O5S.C4H10O3/c1-2-3-4-5-6-7-8-9-10-11-12-13-14-15(16(17)18)22(19,20)21;5-1-3-7-4-2-6/h15H,2-14H2,1H3,(H,17,18)(H,19,20,21);5-6H,1-4H2. The van der Waals surface area contributed by atoms with Crippen molar-refractivity contribution in [3.8, 4) is 0 Å². The van der Waals surface area contributed by atoms with E-state index in [-0.39, 0.29) is 19.6 Å². The topological polar surface area (TPSA) is 141 Å². The molecule has 0 aromatic heterocycles. The van der Waals surface area contributed by atoms with Gasteiger partial charge in [-0.15, -0.1) is 0 Å². The van der Waals surface area contributed by atoms with Crippen LogP contribution < -0.4 is 0 Å². The summed E-state index contributed by atoms with van der Waals surface area (Å²) in [6, 6.07) is 0. The van der Waals surface area contributed by atoms with Gasteiger partial charge in [-0.3, -0.25) is 9.35 Å². The average Bonchev–Trinajstić information content (AvgIpc) is 2.65. The molecule has 0 aliphatic carbocycles. The number of carboxylic acids is 1. The lowest BCUT2D eigenvalue weighted by atomic mass is 10.0. The number of ether oxygens (including phenoxy) is 1. The predicted octanol–water partition coefficient (Wildman–Crippen LogP) is 3.41. The van der Waals surface area contributed by atoms with E-state index < -0.39 is 21.3 Å². The van der Waals surface area contributed by atoms with Gasteiger partial charge in [-0.05, 0) is 6.42 Å². The largest absolute Gasteiger partial charge is 0.480 e. The molecular weight excluding hydrogens is 400 g/mol. The number of hydrogen-bond donors (Lipinski definition) is 4. The summed E-state index contributed by atoms with van der Waals surface area (Å²) in [5.74, 6) is -1.47. The van der Waals surface area contributed by atoms with Gasteiger partial charge in [0.05, 0.1) is 26.4 Å². The molecule has 0 aromatic rings. The van der Waals surface area contributed by atoms with Crippen LogP contribution in [0.4, 0.5) is 0 Å². The van der Waals surface area contributed by atoms with E-state index in [4.69, 9.17) is 19.9 Å². The Morgan fingerprint density at radius 3 is 1.48 bits per heavy atom. The van der Waals surface area contributed by atoms with Crippen molar-refractivity contribution in [2.45, 2.75) is 95.6 Å². The number of hydrogen-bond acceptors (Lipinski definition) is 6. The molecule has 0 saturated heterocycles. The van der Waals surface area contributed by atoms with Crippen LogP contribution in [0.15, 0.2) is 0 Å². The number of aliphatic carboxylic acids is 1. The Kier molecular flexibility index (Phi) is 23.1. The Hall–Kier alpha value is -0.740. The van der Waals surface area contributed by atoms with Crippen LogP contribution in [0.25, 0.3) is 0 Å². The lowest BCUT2D eigenvalue weighted by Gasteiger charge is -2.08. The fourth-order valence-corrected chi connectivity index (χ4v) is 3.52. The molecule has 0 heterocycles. The first-order chi connectivity index (χ1) is 13.8. The van der Waals surface area contributed by atoms with Crippen molar-refractivity contribution in [3.05, 3.63) is 0 Å². The smallest absolute Gasteiger partial charge is 0.324 e. The summed E-state index contributed by atoms with van der Waals surface area (Å²) in [6.45, 7) is 2.91. The van der Waals surface area contributed by atoms with Crippen LogP contribution >= 0.6 is 0 Å². The number of rotatable bonds is 19. The first-order valence-corrected chi connectivity index (χ1v) is 12.3. The number of aliphatic hydroxyl groups excluding tert-OH is 2. The second kappa shape index (κ2) is 22.0. The normalized spacial score (nSPS) is 12.3. The molecule has 0 radical (unpaired) electrons. The molecule has 1 atom stereocenters. The van der Waals surface area contributed by atoms with Gasteiger partial charge in [-0.2, -0.15) is 8.42 Å². The SMILES string of the molecule is CCCCCCCCCCCCCCC(C(=O)O)S(=O)(=O)O.OCCOCCO. The number of carbonyl (C=O) groups is 1. The highest BCUT2D eigenvalue weighted by molar-refractivity contribution is 7.87. The van der Waals surface area contributed by atoms with Crippen molar-refractivity contribution in [3.63, 3.8) is 0 Å². The van der Waals surface area contributed by atoms with E-state index in [0.29, 0.717) is 19.6 Å². The van der Waals surface area contributed by atoms with Gasteiger partial charge >= 0.3 is 5.97 Å². The van der Waals surface area contributed by atoms with E-state index >= 15 is 0 Å². The Balaban J connectivity index is 0. The minimum atomic E-state index is -4.48. The molecule has 0 bridgehead atoms. The summed E-state index contributed by atoms with van der Waals surface area (Å²) in [5, 5.41) is 23.2. The Bertz CT molecular complexity index is 449. The molecule has 0 aliphatic rings. The van der Waals surface area contributed by atoms with E-state index in [1.807, 2.05) is 0 Å². The third-order valence-electron chi connectivity index (χ3n) is 4.43. The van der Waals surface area contributed by atoms with E-state index in [2.05, 4.69) is 11.7 Å². The molecule has 9 heteroatoms. The maximum absolute atomic E-state index is 10.9. The first-order valence-electron chi connectivity index (χ1n) is 10.8. The molecule has 4 N–H and O–H groups in total. The van der Waals surface area contributed by atoms with Gasteiger partial charge in [-0.1, -0.05) is 84.0 Å². The molecule has 0 fully saturated rings. The van der Waals surface area contributed by atoms with E-state index in [9.17, 15) is 13.2 Å². The monoisotopic (exact) mass is 442 g/mol. The molecule has 0 spiro atoms. The van der Waals surface area contributed by atoms with Crippen molar-refractivity contribution < 1.29 is 37.8 Å². The summed E-state index contributed by atoms with van der Waals surface area (Å²) in [4.78, 5) is 10.7. The van der Waals surface area contributed by atoms with Crippen molar-refractivity contribution in [1.82, 2.24) is 0 Å². The highest BCUT2D eigenvalue weighted by Crippen LogP contribution is 2.15. The zero-order chi connectivity index (χ0) is 22.4. The summed E-state index contributed by atoms with van der Waals surface area (Å²) >= 11 is 0. The Labute approximate surface area is 176 Å². The Morgan fingerprint density at radius 1 is 0.793 bits per heavy atom. The van der Waals surface area contributed by atoms with Crippen molar-refractivity contribution in [1.29, 1.82) is 0 Å². The lowest BCUT2D eigenvalue weighted by Crippen LogP contribution is -2.29. The molecule has 0 aromatic carbocycles. The zero-order valence-corrected chi connectivity index (χ0v) is 18.7. The van der Waals surface area contributed by atoms with Crippen LogP contribution in [-0.2, 0) is 19.6 Å². The summed E-state index contributed by atoms with van der Waals surface area (Å²) in [7, 11) is -4.48. The highest BCUT2D eigenvalue weighted by atomic mass is 32.2. The van der Waals surface area contributed by atoms with E-state index in [0.717, 1.165) is 19.3 Å². The molecule has 0 amide bonds. The second-order valence-electron chi connectivity index (χ2n) is 7.08. The molecule has 176 valence electrons. The van der Waals surface area contributed by atoms with Crippen molar-refractivity contribution in [2.75, 3.05) is 26.4 Å². The van der Waals surface area contributed by atoms with E-state index in [1.54, 1.807) is 0 Å². The fourth-order valence-electron chi connectivity index (χ4n) is 2.80. The third-order valence-corrected chi connectivity index (χ3v) is 5.58. The first kappa shape index (κ1) is 30.5. The highest BCUT2D eigenvalue weighted by Gasteiger charge is 2.29. The maximum Gasteiger partial charge on any atom is 0.324 e. The number of unbranched alkanes of at least 4 members (excludes halogenated alkanes) is 11. The van der Waals surface area contributed by atoms with Gasteiger partial charge in [0, 0.05) is 0 Å². The van der Waals surface area contributed by atoms with Crippen molar-refractivity contribution in [2.24, 2.45) is 0 Å². The molecule has 8 nitrogen and oxygen atoms in total. The van der Waals surface area contributed by atoms with Gasteiger partial charge in [-0.25, -0.2) is 0 Å². The quantitative estimate of drug-likeness (QED) is 0.176. The zero-order valence-electron chi connectivity index (χ0n) is 17.9. The van der Waals surface area contributed by atoms with Crippen LogP contribution in [0.1, 0.15) is 90.4 Å². The Morgan fingerprint density at radius 2 is 1.17 bits per heavy atom. The second-order valence-corrected chi connectivity index (χ2v) is 8.68. The minimum Gasteiger partial charge on any atom is -0.480 e. The molecule has 0 rings (SSSR count). The van der Waals surface area contributed by atoms with Crippen molar-refractivity contribution >= 4 is 16.1 Å². The number of aliphatic hydroxyl groups is 2. The van der Waals surface area contributed by atoms with Crippen LogP contribution in [0.3, 0.4) is 0 Å². The average molecular weight is 443 g/mol. The molecule has 0 aliphatic heterocycles. The van der Waals surface area contributed by atoms with Gasteiger partial charge < -0.3 is 20.1 Å². The van der Waals surface area contributed by atoms with Gasteiger partial charge in [0.1, 0.15) is 0 Å². The van der Waals surface area contributed by atoms with Crippen LogP contribution in [-0.4, -0.2) is 65.9 Å². The molecule has 1 unspecified atom stereocenters. The van der Waals surface area contributed by atoms with Crippen LogP contribution in [0, 0.1) is 0 Å². The van der Waals surface area contributed by atoms with Gasteiger partial charge in [0.25, 0.3) is 10.1 Å². The predicted molar refractivity (Wildman–Crippen MR) is 114 cm³/mol. The van der Waals surface area contributed by atoms with Crippen LogP contribution in [0.5, 0.6) is 0 Å². The lowest BCUT2D eigenvalue weighted by molar-refractivity contribution is -0.136. The molecular formula is C20H42O8S. The molecule has 29 heavy (non-hydrogen) atoms. The fraction of sp³-hybridized carbons (Fsp3) is 0.950. The minimum absolute atomic E-state index is 0.00834. The van der Waals surface area contributed by atoms with Crippen LogP contribution in [0.2, 0.25) is 0 Å². The summed E-state index contributed by atoms with van der Waals surface area (Å²) in [6.07, 6.45) is 13.8. The summed E-state index contributed by atoms with van der Waals surface area (Å²) in [5.41, 5.74) is 0. The molecule has 0 saturated carbocycles. The van der Waals surface area contributed by atoms with E-state index in [1.165, 1.54) is 51.4 Å².